The zero-order valence-corrected chi connectivity index (χ0v) is 16.1. The van der Waals surface area contributed by atoms with E-state index in [0.717, 1.165) is 28.3 Å². The minimum Gasteiger partial charge on any atom is -0.494 e. The van der Waals surface area contributed by atoms with Crippen LogP contribution in [0.5, 0.6) is 5.75 Å². The Hall–Kier alpha value is -2.73. The molecule has 1 amide bonds. The minimum absolute atomic E-state index is 0.0318. The summed E-state index contributed by atoms with van der Waals surface area (Å²) < 4.78 is 7.26. The average Bonchev–Trinajstić information content (AvgIpc) is 3.17. The second-order valence-electron chi connectivity index (χ2n) is 5.92. The molecule has 0 radical (unpaired) electrons. The lowest BCUT2D eigenvalue weighted by atomic mass is 10.2. The van der Waals surface area contributed by atoms with Crippen molar-refractivity contribution in [3.8, 4) is 11.4 Å². The Kier molecular flexibility index (Phi) is 6.93. The maximum atomic E-state index is 12.0. The van der Waals surface area contributed by atoms with E-state index in [0.29, 0.717) is 18.9 Å². The molecule has 1 heterocycles. The van der Waals surface area contributed by atoms with Crippen LogP contribution in [-0.2, 0) is 11.2 Å². The van der Waals surface area contributed by atoms with Gasteiger partial charge in [-0.2, -0.15) is 5.10 Å². The number of nitrogens with zero attached hydrogens (tertiary/aromatic N) is 2. The highest BCUT2D eigenvalue weighted by atomic mass is 32.2. The monoisotopic (exact) mass is 381 g/mol. The molecule has 0 saturated heterocycles. The fraction of sp³-hybridized carbons (Fsp3) is 0.238. The number of nitrogens with one attached hydrogen (secondary N) is 1. The number of carbonyl (C=O) groups excluding carboxylic acids is 1. The molecule has 5 nitrogen and oxygen atoms in total. The summed E-state index contributed by atoms with van der Waals surface area (Å²) in [6.07, 6.45) is 4.59. The summed E-state index contributed by atoms with van der Waals surface area (Å²) in [5.41, 5.74) is 2.12. The van der Waals surface area contributed by atoms with Gasteiger partial charge in [-0.15, -0.1) is 11.8 Å². The van der Waals surface area contributed by atoms with E-state index in [1.165, 1.54) is 11.8 Å². The topological polar surface area (TPSA) is 56.1 Å². The molecule has 1 aromatic heterocycles. The van der Waals surface area contributed by atoms with Crippen LogP contribution in [0.25, 0.3) is 5.69 Å². The SMILES string of the molecule is CCOc1ccc(SCC(=O)NCCc2cnn(-c3ccccc3)c2)cc1. The smallest absolute Gasteiger partial charge is 0.230 e. The van der Waals surface area contributed by atoms with Crippen molar-refractivity contribution < 1.29 is 9.53 Å². The lowest BCUT2D eigenvalue weighted by molar-refractivity contribution is -0.118. The number of carbonyl (C=O) groups is 1. The number of ether oxygens (including phenoxy) is 1. The van der Waals surface area contributed by atoms with Crippen LogP contribution in [0.4, 0.5) is 0 Å². The van der Waals surface area contributed by atoms with Crippen molar-refractivity contribution in [2.24, 2.45) is 0 Å². The summed E-state index contributed by atoms with van der Waals surface area (Å²) in [6.45, 7) is 3.21. The Labute approximate surface area is 163 Å². The van der Waals surface area contributed by atoms with Crippen molar-refractivity contribution >= 4 is 17.7 Å². The molecule has 3 rings (SSSR count). The number of hydrogen-bond donors (Lipinski definition) is 1. The molecule has 6 heteroatoms. The van der Waals surface area contributed by atoms with Gasteiger partial charge >= 0.3 is 0 Å². The first-order valence-corrected chi connectivity index (χ1v) is 9.94. The molecule has 0 spiro atoms. The molecule has 0 bridgehead atoms. The number of para-hydroxylation sites is 1. The van der Waals surface area contributed by atoms with Crippen molar-refractivity contribution in [3.63, 3.8) is 0 Å². The van der Waals surface area contributed by atoms with Gasteiger partial charge in [-0.25, -0.2) is 4.68 Å². The van der Waals surface area contributed by atoms with E-state index in [1.807, 2.05) is 78.6 Å². The highest BCUT2D eigenvalue weighted by molar-refractivity contribution is 8.00. The van der Waals surface area contributed by atoms with Crippen LogP contribution in [0.3, 0.4) is 0 Å². The molecule has 0 aliphatic heterocycles. The van der Waals surface area contributed by atoms with Crippen LogP contribution in [0.15, 0.2) is 71.9 Å². The van der Waals surface area contributed by atoms with E-state index in [9.17, 15) is 4.79 Å². The van der Waals surface area contributed by atoms with Gasteiger partial charge in [0.05, 0.1) is 24.2 Å². The van der Waals surface area contributed by atoms with E-state index in [2.05, 4.69) is 10.4 Å². The first kappa shape index (κ1) is 19.0. The summed E-state index contributed by atoms with van der Waals surface area (Å²) in [5, 5.41) is 7.33. The number of rotatable bonds is 9. The predicted octanol–water partition coefficient (Wildman–Crippen LogP) is 3.72. The van der Waals surface area contributed by atoms with Gasteiger partial charge in [0.1, 0.15) is 5.75 Å². The predicted molar refractivity (Wildman–Crippen MR) is 109 cm³/mol. The molecule has 0 unspecified atom stereocenters. The van der Waals surface area contributed by atoms with Crippen molar-refractivity contribution in [2.75, 3.05) is 18.9 Å². The molecule has 0 fully saturated rings. The molecule has 1 N–H and O–H groups in total. The summed E-state index contributed by atoms with van der Waals surface area (Å²) in [6, 6.07) is 17.8. The van der Waals surface area contributed by atoms with E-state index in [1.54, 1.807) is 0 Å². The van der Waals surface area contributed by atoms with Crippen molar-refractivity contribution in [1.82, 2.24) is 15.1 Å². The molecule has 27 heavy (non-hydrogen) atoms. The standard InChI is InChI=1S/C21H23N3O2S/c1-2-26-19-8-10-20(11-9-19)27-16-21(25)22-13-12-17-14-23-24(15-17)18-6-4-3-5-7-18/h3-11,14-15H,2,12-13,16H2,1H3,(H,22,25). The van der Waals surface area contributed by atoms with E-state index >= 15 is 0 Å². The fourth-order valence-electron chi connectivity index (χ4n) is 2.56. The summed E-state index contributed by atoms with van der Waals surface area (Å²) in [7, 11) is 0. The van der Waals surface area contributed by atoms with Crippen molar-refractivity contribution in [3.05, 3.63) is 72.6 Å². The number of amides is 1. The first-order chi connectivity index (χ1) is 13.2. The van der Waals surface area contributed by atoms with Crippen LogP contribution in [0.1, 0.15) is 12.5 Å². The van der Waals surface area contributed by atoms with Crippen molar-refractivity contribution in [2.45, 2.75) is 18.2 Å². The zero-order chi connectivity index (χ0) is 18.9. The average molecular weight is 382 g/mol. The third-order valence-electron chi connectivity index (χ3n) is 3.90. The quantitative estimate of drug-likeness (QED) is 0.574. The Morgan fingerprint density at radius 3 is 2.67 bits per heavy atom. The molecule has 140 valence electrons. The Morgan fingerprint density at radius 1 is 1.15 bits per heavy atom. The number of benzene rings is 2. The fourth-order valence-corrected chi connectivity index (χ4v) is 3.28. The van der Waals surface area contributed by atoms with Gasteiger partial charge in [-0.05, 0) is 55.3 Å². The molecular weight excluding hydrogens is 358 g/mol. The minimum atomic E-state index is 0.0318. The van der Waals surface area contributed by atoms with Crippen LogP contribution in [0.2, 0.25) is 0 Å². The highest BCUT2D eigenvalue weighted by Crippen LogP contribution is 2.21. The number of hydrogen-bond acceptors (Lipinski definition) is 4. The third-order valence-corrected chi connectivity index (χ3v) is 4.91. The molecule has 3 aromatic rings. The Morgan fingerprint density at radius 2 is 1.93 bits per heavy atom. The second-order valence-corrected chi connectivity index (χ2v) is 6.97. The van der Waals surface area contributed by atoms with Crippen LogP contribution >= 0.6 is 11.8 Å². The summed E-state index contributed by atoms with van der Waals surface area (Å²) >= 11 is 1.52. The highest BCUT2D eigenvalue weighted by Gasteiger charge is 2.05. The largest absolute Gasteiger partial charge is 0.494 e. The summed E-state index contributed by atoms with van der Waals surface area (Å²) in [5.74, 6) is 1.28. The van der Waals surface area contributed by atoms with Gasteiger partial charge < -0.3 is 10.1 Å². The molecule has 0 saturated carbocycles. The number of thioether (sulfide) groups is 1. The molecular formula is C21H23N3O2S. The van der Waals surface area contributed by atoms with Crippen molar-refractivity contribution in [1.29, 1.82) is 0 Å². The lowest BCUT2D eigenvalue weighted by Gasteiger charge is -2.06. The molecule has 0 aliphatic rings. The molecule has 2 aromatic carbocycles. The zero-order valence-electron chi connectivity index (χ0n) is 15.3. The maximum absolute atomic E-state index is 12.0. The van der Waals surface area contributed by atoms with E-state index < -0.39 is 0 Å². The van der Waals surface area contributed by atoms with Gasteiger partial charge in [0.25, 0.3) is 0 Å². The first-order valence-electron chi connectivity index (χ1n) is 8.96. The van der Waals surface area contributed by atoms with Crippen LogP contribution < -0.4 is 10.1 Å². The van der Waals surface area contributed by atoms with E-state index in [-0.39, 0.29) is 5.91 Å². The van der Waals surface area contributed by atoms with Crippen LogP contribution in [-0.4, -0.2) is 34.6 Å². The van der Waals surface area contributed by atoms with Crippen LogP contribution in [0, 0.1) is 0 Å². The third kappa shape index (κ3) is 5.89. The van der Waals surface area contributed by atoms with Gasteiger partial charge in [-0.1, -0.05) is 18.2 Å². The normalized spacial score (nSPS) is 10.6. The van der Waals surface area contributed by atoms with Gasteiger partial charge in [-0.3, -0.25) is 4.79 Å². The number of aromatic nitrogens is 2. The lowest BCUT2D eigenvalue weighted by Crippen LogP contribution is -2.27. The molecule has 0 aliphatic carbocycles. The Balaban J connectivity index is 1.39. The van der Waals surface area contributed by atoms with E-state index in [4.69, 9.17) is 4.74 Å². The maximum Gasteiger partial charge on any atom is 0.230 e. The van der Waals surface area contributed by atoms with Gasteiger partial charge in [0.15, 0.2) is 0 Å². The summed E-state index contributed by atoms with van der Waals surface area (Å²) in [4.78, 5) is 13.1. The van der Waals surface area contributed by atoms with Gasteiger partial charge in [0, 0.05) is 17.6 Å². The second kappa shape index (κ2) is 9.83. The van der Waals surface area contributed by atoms with Gasteiger partial charge in [0.2, 0.25) is 5.91 Å². The molecule has 0 atom stereocenters. The Bertz CT molecular complexity index is 847.